The summed E-state index contributed by atoms with van der Waals surface area (Å²) in [5, 5.41) is 9.74. The van der Waals surface area contributed by atoms with Crippen LogP contribution in [0.1, 0.15) is 50.2 Å². The van der Waals surface area contributed by atoms with Crippen LogP contribution in [0.2, 0.25) is 0 Å². The molecule has 0 heterocycles. The quantitative estimate of drug-likeness (QED) is 0.817. The van der Waals surface area contributed by atoms with Gasteiger partial charge in [0.15, 0.2) is 11.6 Å². The van der Waals surface area contributed by atoms with Crippen LogP contribution in [0.3, 0.4) is 0 Å². The van der Waals surface area contributed by atoms with E-state index >= 15 is 0 Å². The van der Waals surface area contributed by atoms with E-state index in [2.05, 4.69) is 6.92 Å². The van der Waals surface area contributed by atoms with Crippen LogP contribution in [-0.2, 0) is 11.8 Å². The van der Waals surface area contributed by atoms with Crippen LogP contribution < -0.4 is 5.73 Å². The van der Waals surface area contributed by atoms with Gasteiger partial charge in [0, 0.05) is 6.04 Å². The van der Waals surface area contributed by atoms with Gasteiger partial charge in [-0.15, -0.1) is 0 Å². The zero-order valence-corrected chi connectivity index (χ0v) is 11.5. The molecule has 0 aromatic heterocycles. The van der Waals surface area contributed by atoms with Crippen molar-refractivity contribution in [3.05, 3.63) is 29.1 Å². The minimum absolute atomic E-state index is 0.0520. The van der Waals surface area contributed by atoms with Crippen LogP contribution in [0.15, 0.2) is 12.1 Å². The molecule has 2 aliphatic carbocycles. The largest absolute Gasteiger partial charge is 0.505 e. The lowest BCUT2D eigenvalue weighted by atomic mass is 9.54. The van der Waals surface area contributed by atoms with E-state index in [1.165, 1.54) is 18.9 Å². The van der Waals surface area contributed by atoms with Crippen LogP contribution in [0.5, 0.6) is 5.75 Å². The number of nitrogens with two attached hydrogens (primary N) is 1. The molecule has 0 saturated heterocycles. The second-order valence-corrected chi connectivity index (χ2v) is 6.19. The van der Waals surface area contributed by atoms with Crippen LogP contribution >= 0.6 is 0 Å². The van der Waals surface area contributed by atoms with E-state index in [1.54, 1.807) is 6.07 Å². The normalized spacial score (nSPS) is 33.6. The number of fused-ring (bicyclic) bond motifs is 3. The van der Waals surface area contributed by atoms with Gasteiger partial charge >= 0.3 is 0 Å². The number of benzene rings is 1. The van der Waals surface area contributed by atoms with Gasteiger partial charge < -0.3 is 10.8 Å². The van der Waals surface area contributed by atoms with Crippen LogP contribution in [0.25, 0.3) is 0 Å². The Morgan fingerprint density at radius 2 is 2.21 bits per heavy atom. The lowest BCUT2D eigenvalue weighted by molar-refractivity contribution is 0.133. The molecule has 1 aromatic rings. The van der Waals surface area contributed by atoms with Gasteiger partial charge in [-0.1, -0.05) is 19.8 Å². The molecular weight excluding hydrogens is 241 g/mol. The maximum absolute atomic E-state index is 13.6. The van der Waals surface area contributed by atoms with Crippen molar-refractivity contribution >= 4 is 0 Å². The van der Waals surface area contributed by atoms with Crippen molar-refractivity contribution in [2.24, 2.45) is 11.7 Å². The summed E-state index contributed by atoms with van der Waals surface area (Å²) >= 11 is 0. The second-order valence-electron chi connectivity index (χ2n) is 6.19. The van der Waals surface area contributed by atoms with E-state index in [1.807, 2.05) is 0 Å². The van der Waals surface area contributed by atoms with E-state index in [0.717, 1.165) is 36.8 Å². The van der Waals surface area contributed by atoms with Gasteiger partial charge in [0.1, 0.15) is 0 Å². The van der Waals surface area contributed by atoms with E-state index in [-0.39, 0.29) is 17.2 Å². The number of halogens is 1. The van der Waals surface area contributed by atoms with Crippen molar-refractivity contribution in [1.82, 2.24) is 0 Å². The topological polar surface area (TPSA) is 46.2 Å². The Hall–Kier alpha value is -1.09. The standard InChI is InChI=1S/C16H22FNO/c1-2-16-6-4-3-5-11(16)14(18)8-10-7-13(17)15(19)9-12(10)16/h7,9,11,14,19H,2-6,8,18H2,1H3. The molecule has 0 aliphatic heterocycles. The van der Waals surface area contributed by atoms with Gasteiger partial charge in [0.25, 0.3) is 0 Å². The van der Waals surface area contributed by atoms with Gasteiger partial charge in [0.05, 0.1) is 0 Å². The molecule has 0 radical (unpaired) electrons. The van der Waals surface area contributed by atoms with E-state index < -0.39 is 5.82 Å². The number of phenolic OH excluding ortho intramolecular Hbond substituents is 1. The minimum Gasteiger partial charge on any atom is -0.505 e. The molecule has 0 spiro atoms. The highest BCUT2D eigenvalue weighted by Crippen LogP contribution is 2.52. The fourth-order valence-electron chi connectivity index (χ4n) is 4.49. The zero-order chi connectivity index (χ0) is 13.6. The Balaban J connectivity index is 2.18. The Morgan fingerprint density at radius 3 is 2.95 bits per heavy atom. The van der Waals surface area contributed by atoms with Gasteiger partial charge in [-0.25, -0.2) is 4.39 Å². The molecule has 2 nitrogen and oxygen atoms in total. The summed E-state index contributed by atoms with van der Waals surface area (Å²) in [6, 6.07) is 3.28. The molecule has 3 atom stereocenters. The summed E-state index contributed by atoms with van der Waals surface area (Å²) in [5.41, 5.74) is 8.58. The maximum Gasteiger partial charge on any atom is 0.165 e. The first kappa shape index (κ1) is 12.9. The molecule has 19 heavy (non-hydrogen) atoms. The zero-order valence-electron chi connectivity index (χ0n) is 11.5. The Labute approximate surface area is 113 Å². The molecule has 3 N–H and O–H groups in total. The molecule has 1 fully saturated rings. The molecule has 3 rings (SSSR count). The monoisotopic (exact) mass is 263 g/mol. The third-order valence-electron chi connectivity index (χ3n) is 5.41. The molecule has 1 saturated carbocycles. The molecule has 0 amide bonds. The first-order valence-corrected chi connectivity index (χ1v) is 7.36. The SMILES string of the molecule is CCC12CCCCC1C(N)Cc1cc(F)c(O)cc12. The Bertz CT molecular complexity index is 502. The highest BCUT2D eigenvalue weighted by atomic mass is 19.1. The van der Waals surface area contributed by atoms with Gasteiger partial charge in [0.2, 0.25) is 0 Å². The lowest BCUT2D eigenvalue weighted by Crippen LogP contribution is -2.52. The van der Waals surface area contributed by atoms with E-state index in [9.17, 15) is 9.50 Å². The third-order valence-corrected chi connectivity index (χ3v) is 5.41. The average Bonchev–Trinajstić information content (AvgIpc) is 2.41. The summed E-state index contributed by atoms with van der Waals surface area (Å²) in [5.74, 6) is -0.263. The van der Waals surface area contributed by atoms with E-state index in [0.29, 0.717) is 5.92 Å². The number of aromatic hydroxyl groups is 1. The summed E-state index contributed by atoms with van der Waals surface area (Å²) in [7, 11) is 0. The summed E-state index contributed by atoms with van der Waals surface area (Å²) in [6.07, 6.45) is 6.46. The molecule has 0 bridgehead atoms. The van der Waals surface area contributed by atoms with Gasteiger partial charge in [-0.05, 0) is 60.3 Å². The summed E-state index contributed by atoms with van der Waals surface area (Å²) in [6.45, 7) is 2.19. The van der Waals surface area contributed by atoms with Crippen molar-refractivity contribution in [1.29, 1.82) is 0 Å². The molecule has 1 aromatic carbocycles. The fraction of sp³-hybridized carbons (Fsp3) is 0.625. The number of rotatable bonds is 1. The average molecular weight is 263 g/mol. The molecule has 3 heteroatoms. The van der Waals surface area contributed by atoms with E-state index in [4.69, 9.17) is 5.73 Å². The smallest absolute Gasteiger partial charge is 0.165 e. The number of phenols is 1. The summed E-state index contributed by atoms with van der Waals surface area (Å²) < 4.78 is 13.6. The third kappa shape index (κ3) is 1.78. The van der Waals surface area contributed by atoms with Crippen molar-refractivity contribution in [3.8, 4) is 5.75 Å². The van der Waals surface area contributed by atoms with Crippen LogP contribution in [0.4, 0.5) is 4.39 Å². The lowest BCUT2D eigenvalue weighted by Gasteiger charge is -2.51. The van der Waals surface area contributed by atoms with Gasteiger partial charge in [-0.3, -0.25) is 0 Å². The predicted octanol–water partition coefficient (Wildman–Crippen LogP) is 3.25. The second kappa shape index (κ2) is 4.48. The predicted molar refractivity (Wildman–Crippen MR) is 73.7 cm³/mol. The van der Waals surface area contributed by atoms with Gasteiger partial charge in [-0.2, -0.15) is 0 Å². The number of hydrogen-bond donors (Lipinski definition) is 2. The number of hydrogen-bond acceptors (Lipinski definition) is 2. The Morgan fingerprint density at radius 1 is 1.42 bits per heavy atom. The fourth-order valence-corrected chi connectivity index (χ4v) is 4.49. The summed E-state index contributed by atoms with van der Waals surface area (Å²) in [4.78, 5) is 0. The molecule has 104 valence electrons. The first-order chi connectivity index (χ1) is 9.08. The Kier molecular flexibility index (Phi) is 3.05. The van der Waals surface area contributed by atoms with Crippen LogP contribution in [0, 0.1) is 11.7 Å². The maximum atomic E-state index is 13.6. The van der Waals surface area contributed by atoms with Crippen LogP contribution in [-0.4, -0.2) is 11.1 Å². The van der Waals surface area contributed by atoms with Crippen molar-refractivity contribution in [2.75, 3.05) is 0 Å². The first-order valence-electron chi connectivity index (χ1n) is 7.36. The highest BCUT2D eigenvalue weighted by Gasteiger charge is 2.47. The minimum atomic E-state index is -0.522. The highest BCUT2D eigenvalue weighted by molar-refractivity contribution is 5.45. The molecular formula is C16H22FNO. The molecule has 2 aliphatic rings. The van der Waals surface area contributed by atoms with Crippen molar-refractivity contribution < 1.29 is 9.50 Å². The van der Waals surface area contributed by atoms with Crippen molar-refractivity contribution in [3.63, 3.8) is 0 Å². The van der Waals surface area contributed by atoms with Crippen molar-refractivity contribution in [2.45, 2.75) is 56.9 Å². The molecule has 3 unspecified atom stereocenters.